The summed E-state index contributed by atoms with van der Waals surface area (Å²) in [6.45, 7) is 2.72. The minimum absolute atomic E-state index is 0.0382. The van der Waals surface area contributed by atoms with Crippen LogP contribution < -0.4 is 5.73 Å². The van der Waals surface area contributed by atoms with Crippen LogP contribution >= 0.6 is 0 Å². The van der Waals surface area contributed by atoms with Crippen molar-refractivity contribution in [3.05, 3.63) is 0 Å². The Bertz CT molecular complexity index is 377. The molecule has 0 radical (unpaired) electrons. The molecule has 2 fully saturated rings. The predicted octanol–water partition coefficient (Wildman–Crippen LogP) is 1.36. The second-order valence-corrected chi connectivity index (χ2v) is 6.13. The molecule has 1 atom stereocenters. The quantitative estimate of drug-likeness (QED) is 0.809. The highest BCUT2D eigenvalue weighted by atomic mass is 16.4. The second kappa shape index (κ2) is 5.12. The Kier molecular flexibility index (Phi) is 3.85. The fourth-order valence-corrected chi connectivity index (χ4v) is 3.37. The van der Waals surface area contributed by atoms with Gasteiger partial charge in [0.1, 0.15) is 0 Å². The molecule has 1 saturated carbocycles. The van der Waals surface area contributed by atoms with Crippen LogP contribution in [0.1, 0.15) is 51.9 Å². The summed E-state index contributed by atoms with van der Waals surface area (Å²) in [7, 11) is 0. The number of carboxylic acid groups (broad SMARTS) is 1. The van der Waals surface area contributed by atoms with E-state index >= 15 is 0 Å². The van der Waals surface area contributed by atoms with E-state index in [9.17, 15) is 14.7 Å². The van der Waals surface area contributed by atoms with Crippen molar-refractivity contribution in [2.45, 2.75) is 57.4 Å². The number of carbonyl (C=O) groups is 2. The van der Waals surface area contributed by atoms with Gasteiger partial charge in [-0.2, -0.15) is 0 Å². The van der Waals surface area contributed by atoms with E-state index in [2.05, 4.69) is 0 Å². The monoisotopic (exact) mass is 268 g/mol. The number of amides is 1. The van der Waals surface area contributed by atoms with Crippen LogP contribution in [0, 0.1) is 5.41 Å². The molecule has 5 heteroatoms. The smallest absolute Gasteiger partial charge is 0.311 e. The van der Waals surface area contributed by atoms with Crippen LogP contribution in [0.4, 0.5) is 0 Å². The maximum Gasteiger partial charge on any atom is 0.311 e. The van der Waals surface area contributed by atoms with Crippen molar-refractivity contribution >= 4 is 11.9 Å². The van der Waals surface area contributed by atoms with Crippen molar-refractivity contribution in [1.82, 2.24) is 4.90 Å². The molecule has 0 aromatic heterocycles. The largest absolute Gasteiger partial charge is 0.481 e. The van der Waals surface area contributed by atoms with Gasteiger partial charge >= 0.3 is 5.97 Å². The molecule has 108 valence electrons. The van der Waals surface area contributed by atoms with Gasteiger partial charge in [-0.3, -0.25) is 9.59 Å². The van der Waals surface area contributed by atoms with Crippen LogP contribution in [0.3, 0.4) is 0 Å². The average Bonchev–Trinajstić information content (AvgIpc) is 2.84. The molecule has 5 nitrogen and oxygen atoms in total. The van der Waals surface area contributed by atoms with Crippen molar-refractivity contribution in [2.24, 2.45) is 11.1 Å². The van der Waals surface area contributed by atoms with E-state index in [1.54, 1.807) is 4.90 Å². The molecule has 1 unspecified atom stereocenters. The number of nitrogens with two attached hydrogens (primary N) is 1. The van der Waals surface area contributed by atoms with Crippen LogP contribution in [0.25, 0.3) is 0 Å². The average molecular weight is 268 g/mol. The first kappa shape index (κ1) is 14.3. The molecule has 1 aliphatic heterocycles. The summed E-state index contributed by atoms with van der Waals surface area (Å²) in [5.74, 6) is -0.830. The molecular weight excluding hydrogens is 244 g/mol. The second-order valence-electron chi connectivity index (χ2n) is 6.13. The van der Waals surface area contributed by atoms with Crippen molar-refractivity contribution in [3.63, 3.8) is 0 Å². The standard InChI is InChI=1S/C14H24N2O3/c1-2-13(12(18)19)8-9-16(10-13)11(17)14(15)6-4-3-5-7-14/h2-10,15H2,1H3,(H,18,19). The van der Waals surface area contributed by atoms with E-state index in [1.807, 2.05) is 6.92 Å². The van der Waals surface area contributed by atoms with E-state index in [-0.39, 0.29) is 5.91 Å². The number of carbonyl (C=O) groups excluding carboxylic acids is 1. The molecule has 0 aromatic carbocycles. The molecule has 0 bridgehead atoms. The molecule has 0 spiro atoms. The summed E-state index contributed by atoms with van der Waals surface area (Å²) >= 11 is 0. The Balaban J connectivity index is 2.08. The van der Waals surface area contributed by atoms with Gasteiger partial charge in [0, 0.05) is 13.1 Å². The van der Waals surface area contributed by atoms with Crippen molar-refractivity contribution in [3.8, 4) is 0 Å². The van der Waals surface area contributed by atoms with E-state index in [0.29, 0.717) is 25.9 Å². The maximum absolute atomic E-state index is 12.6. The van der Waals surface area contributed by atoms with E-state index < -0.39 is 16.9 Å². The zero-order valence-corrected chi connectivity index (χ0v) is 11.7. The summed E-state index contributed by atoms with van der Waals surface area (Å²) in [6, 6.07) is 0. The van der Waals surface area contributed by atoms with Crippen LogP contribution in [-0.4, -0.2) is 40.5 Å². The third-order valence-corrected chi connectivity index (χ3v) is 4.94. The molecule has 1 aliphatic carbocycles. The van der Waals surface area contributed by atoms with E-state index in [1.165, 1.54) is 0 Å². The predicted molar refractivity (Wildman–Crippen MR) is 71.6 cm³/mol. The lowest BCUT2D eigenvalue weighted by molar-refractivity contribution is -0.149. The number of rotatable bonds is 3. The molecule has 3 N–H and O–H groups in total. The molecule has 0 aromatic rings. The normalized spacial score (nSPS) is 30.3. The topological polar surface area (TPSA) is 83.6 Å². The van der Waals surface area contributed by atoms with Gasteiger partial charge in [-0.05, 0) is 25.7 Å². The molecular formula is C14H24N2O3. The van der Waals surface area contributed by atoms with Crippen LogP contribution in [0.15, 0.2) is 0 Å². The fraction of sp³-hybridized carbons (Fsp3) is 0.857. The van der Waals surface area contributed by atoms with Gasteiger partial charge in [0.05, 0.1) is 11.0 Å². The minimum atomic E-state index is -0.792. The minimum Gasteiger partial charge on any atom is -0.481 e. The van der Waals surface area contributed by atoms with Crippen LogP contribution in [0.2, 0.25) is 0 Å². The lowest BCUT2D eigenvalue weighted by Gasteiger charge is -2.35. The Labute approximate surface area is 114 Å². The lowest BCUT2D eigenvalue weighted by atomic mass is 9.81. The fourth-order valence-electron chi connectivity index (χ4n) is 3.37. The molecule has 19 heavy (non-hydrogen) atoms. The van der Waals surface area contributed by atoms with Gasteiger partial charge in [-0.25, -0.2) is 0 Å². The highest BCUT2D eigenvalue weighted by Crippen LogP contribution is 2.37. The molecule has 1 amide bonds. The summed E-state index contributed by atoms with van der Waals surface area (Å²) in [5, 5.41) is 9.37. The van der Waals surface area contributed by atoms with Crippen molar-refractivity contribution in [1.29, 1.82) is 0 Å². The summed E-state index contributed by atoms with van der Waals surface area (Å²) in [5.41, 5.74) is 4.74. The molecule has 2 aliphatic rings. The molecule has 1 heterocycles. The highest BCUT2D eigenvalue weighted by Gasteiger charge is 2.48. The van der Waals surface area contributed by atoms with Crippen LogP contribution in [-0.2, 0) is 9.59 Å². The number of aliphatic carboxylic acids is 1. The number of likely N-dealkylation sites (tertiary alicyclic amines) is 1. The Morgan fingerprint density at radius 2 is 1.84 bits per heavy atom. The highest BCUT2D eigenvalue weighted by molar-refractivity contribution is 5.87. The maximum atomic E-state index is 12.6. The third kappa shape index (κ3) is 2.48. The number of hydrogen-bond donors (Lipinski definition) is 2. The number of carboxylic acids is 1. The van der Waals surface area contributed by atoms with Gasteiger partial charge in [0.15, 0.2) is 0 Å². The number of nitrogens with zero attached hydrogens (tertiary/aromatic N) is 1. The molecule has 2 rings (SSSR count). The van der Waals surface area contributed by atoms with Gasteiger partial charge < -0.3 is 15.7 Å². The zero-order valence-electron chi connectivity index (χ0n) is 11.7. The Morgan fingerprint density at radius 3 is 2.32 bits per heavy atom. The molecule has 1 saturated heterocycles. The Hall–Kier alpha value is -1.10. The first-order chi connectivity index (χ1) is 8.93. The van der Waals surface area contributed by atoms with Gasteiger partial charge in [0.2, 0.25) is 5.91 Å². The zero-order chi connectivity index (χ0) is 14.1. The first-order valence-corrected chi connectivity index (χ1v) is 7.25. The van der Waals surface area contributed by atoms with Crippen molar-refractivity contribution in [2.75, 3.05) is 13.1 Å². The summed E-state index contributed by atoms with van der Waals surface area (Å²) in [4.78, 5) is 25.6. The summed E-state index contributed by atoms with van der Waals surface area (Å²) in [6.07, 6.45) is 5.69. The lowest BCUT2D eigenvalue weighted by Crippen LogP contribution is -2.56. The van der Waals surface area contributed by atoms with Gasteiger partial charge in [-0.15, -0.1) is 0 Å². The van der Waals surface area contributed by atoms with E-state index in [4.69, 9.17) is 5.73 Å². The van der Waals surface area contributed by atoms with E-state index in [0.717, 1.165) is 32.1 Å². The SMILES string of the molecule is CCC1(C(=O)O)CCN(C(=O)C2(N)CCCCC2)C1. The number of hydrogen-bond acceptors (Lipinski definition) is 3. The third-order valence-electron chi connectivity index (χ3n) is 4.94. The Morgan fingerprint density at radius 1 is 1.21 bits per heavy atom. The van der Waals surface area contributed by atoms with Crippen molar-refractivity contribution < 1.29 is 14.7 Å². The summed E-state index contributed by atoms with van der Waals surface area (Å²) < 4.78 is 0. The van der Waals surface area contributed by atoms with Gasteiger partial charge in [0.25, 0.3) is 0 Å². The van der Waals surface area contributed by atoms with Gasteiger partial charge in [-0.1, -0.05) is 26.2 Å². The first-order valence-electron chi connectivity index (χ1n) is 7.25. The van der Waals surface area contributed by atoms with Crippen LogP contribution in [0.5, 0.6) is 0 Å².